The lowest BCUT2D eigenvalue weighted by molar-refractivity contribution is 0.0994. The molecule has 0 saturated carbocycles. The third-order valence-electron chi connectivity index (χ3n) is 3.58. The standard InChI is InChI=1S/C18H15BrO2/c19-12-16(20)18-15(11-10-13-6-2-1-3-7-13)14-8-4-5-9-17(14)21-18/h1-9H,10-12H2. The van der Waals surface area contributed by atoms with Crippen LogP contribution < -0.4 is 0 Å². The number of hydrogen-bond acceptors (Lipinski definition) is 2. The fraction of sp³-hybridized carbons (Fsp3) is 0.167. The highest BCUT2D eigenvalue weighted by Crippen LogP contribution is 2.28. The molecule has 3 rings (SSSR count). The predicted molar refractivity (Wildman–Crippen MR) is 88.2 cm³/mol. The fourth-order valence-electron chi connectivity index (χ4n) is 2.55. The number of alkyl halides is 1. The van der Waals surface area contributed by atoms with Crippen LogP contribution in [0.25, 0.3) is 11.0 Å². The number of furan rings is 1. The van der Waals surface area contributed by atoms with Crippen molar-refractivity contribution in [3.63, 3.8) is 0 Å². The van der Waals surface area contributed by atoms with E-state index in [9.17, 15) is 4.79 Å². The SMILES string of the molecule is O=C(CBr)c1oc2ccccc2c1CCc1ccccc1. The first kappa shape index (κ1) is 14.1. The maximum Gasteiger partial charge on any atom is 0.208 e. The van der Waals surface area contributed by atoms with Crippen molar-refractivity contribution in [2.45, 2.75) is 12.8 Å². The van der Waals surface area contributed by atoms with Crippen LogP contribution in [0.3, 0.4) is 0 Å². The van der Waals surface area contributed by atoms with Crippen molar-refractivity contribution in [1.82, 2.24) is 0 Å². The second kappa shape index (κ2) is 6.27. The van der Waals surface area contributed by atoms with Gasteiger partial charge in [-0.2, -0.15) is 0 Å². The van der Waals surface area contributed by atoms with Crippen LogP contribution in [0.1, 0.15) is 21.7 Å². The Kier molecular flexibility index (Phi) is 4.20. The first-order valence-electron chi connectivity index (χ1n) is 6.93. The summed E-state index contributed by atoms with van der Waals surface area (Å²) in [6.07, 6.45) is 1.70. The van der Waals surface area contributed by atoms with Crippen LogP contribution in [0.2, 0.25) is 0 Å². The molecule has 2 aromatic carbocycles. The second-order valence-electron chi connectivity index (χ2n) is 4.95. The van der Waals surface area contributed by atoms with Crippen LogP contribution in [0, 0.1) is 0 Å². The Bertz CT molecular complexity index is 759. The van der Waals surface area contributed by atoms with Gasteiger partial charge in [0.15, 0.2) is 5.76 Å². The van der Waals surface area contributed by atoms with E-state index in [1.165, 1.54) is 5.56 Å². The normalized spacial score (nSPS) is 10.9. The minimum absolute atomic E-state index is 0.00531. The number of aryl methyl sites for hydroxylation is 2. The Labute approximate surface area is 131 Å². The minimum Gasteiger partial charge on any atom is -0.453 e. The van der Waals surface area contributed by atoms with Gasteiger partial charge in [-0.15, -0.1) is 0 Å². The van der Waals surface area contributed by atoms with Crippen molar-refractivity contribution < 1.29 is 9.21 Å². The molecule has 0 aliphatic rings. The molecule has 0 amide bonds. The number of halogens is 1. The zero-order chi connectivity index (χ0) is 14.7. The van der Waals surface area contributed by atoms with Gasteiger partial charge in [-0.3, -0.25) is 4.79 Å². The molecule has 21 heavy (non-hydrogen) atoms. The average molecular weight is 343 g/mol. The van der Waals surface area contributed by atoms with E-state index in [0.29, 0.717) is 5.76 Å². The first-order chi connectivity index (χ1) is 10.3. The minimum atomic E-state index is -0.00531. The molecule has 1 aromatic heterocycles. The number of ketones is 1. The summed E-state index contributed by atoms with van der Waals surface area (Å²) in [5.41, 5.74) is 3.06. The lowest BCUT2D eigenvalue weighted by atomic mass is 10.0. The highest BCUT2D eigenvalue weighted by atomic mass is 79.9. The number of carbonyl (C=O) groups excluding carboxylic acids is 1. The molecule has 3 aromatic rings. The van der Waals surface area contributed by atoms with Gasteiger partial charge in [0, 0.05) is 10.9 Å². The summed E-state index contributed by atoms with van der Waals surface area (Å²) in [5.74, 6) is 0.485. The van der Waals surface area contributed by atoms with E-state index < -0.39 is 0 Å². The Morgan fingerprint density at radius 3 is 2.43 bits per heavy atom. The molecule has 106 valence electrons. The van der Waals surface area contributed by atoms with E-state index in [1.54, 1.807) is 0 Å². The van der Waals surface area contributed by atoms with Crippen molar-refractivity contribution in [3.05, 3.63) is 71.5 Å². The number of Topliss-reactive ketones (excluding diaryl/α,β-unsaturated/α-hetero) is 1. The summed E-state index contributed by atoms with van der Waals surface area (Å²) in [6, 6.07) is 18.1. The number of carbonyl (C=O) groups is 1. The summed E-state index contributed by atoms with van der Waals surface area (Å²) < 4.78 is 5.76. The summed E-state index contributed by atoms with van der Waals surface area (Å²) in [4.78, 5) is 12.1. The molecule has 1 heterocycles. The van der Waals surface area contributed by atoms with Gasteiger partial charge >= 0.3 is 0 Å². The van der Waals surface area contributed by atoms with Crippen LogP contribution in [0.5, 0.6) is 0 Å². The average Bonchev–Trinajstić information content (AvgIpc) is 2.92. The van der Waals surface area contributed by atoms with E-state index in [0.717, 1.165) is 29.4 Å². The van der Waals surface area contributed by atoms with Crippen molar-refractivity contribution in [2.24, 2.45) is 0 Å². The molecule has 2 nitrogen and oxygen atoms in total. The molecular weight excluding hydrogens is 328 g/mol. The highest BCUT2D eigenvalue weighted by Gasteiger charge is 2.19. The topological polar surface area (TPSA) is 30.2 Å². The first-order valence-corrected chi connectivity index (χ1v) is 8.05. The van der Waals surface area contributed by atoms with Crippen LogP contribution in [-0.2, 0) is 12.8 Å². The van der Waals surface area contributed by atoms with Crippen LogP contribution >= 0.6 is 15.9 Å². The zero-order valence-electron chi connectivity index (χ0n) is 11.5. The summed E-state index contributed by atoms with van der Waals surface area (Å²) in [6.45, 7) is 0. The Hall–Kier alpha value is -1.87. The lowest BCUT2D eigenvalue weighted by Gasteiger charge is -2.02. The van der Waals surface area contributed by atoms with Gasteiger partial charge in [-0.25, -0.2) is 0 Å². The Morgan fingerprint density at radius 2 is 1.67 bits per heavy atom. The van der Waals surface area contributed by atoms with Crippen molar-refractivity contribution in [3.8, 4) is 0 Å². The number of benzene rings is 2. The molecule has 0 atom stereocenters. The van der Waals surface area contributed by atoms with Crippen molar-refractivity contribution in [2.75, 3.05) is 5.33 Å². The molecule has 0 radical (unpaired) electrons. The molecule has 0 fully saturated rings. The number of para-hydroxylation sites is 1. The van der Waals surface area contributed by atoms with Gasteiger partial charge in [0.05, 0.1) is 5.33 Å². The van der Waals surface area contributed by atoms with Crippen molar-refractivity contribution >= 4 is 32.7 Å². The maximum atomic E-state index is 12.1. The fourth-order valence-corrected chi connectivity index (χ4v) is 2.80. The van der Waals surface area contributed by atoms with Gasteiger partial charge in [0.1, 0.15) is 5.58 Å². The number of fused-ring (bicyclic) bond motifs is 1. The third kappa shape index (κ3) is 2.93. The van der Waals surface area contributed by atoms with Crippen LogP contribution in [0.4, 0.5) is 0 Å². The van der Waals surface area contributed by atoms with Gasteiger partial charge in [0.2, 0.25) is 5.78 Å². The molecule has 0 unspecified atom stereocenters. The van der Waals surface area contributed by atoms with Crippen LogP contribution in [0.15, 0.2) is 59.0 Å². The molecule has 0 spiro atoms. The van der Waals surface area contributed by atoms with Gasteiger partial charge in [0.25, 0.3) is 0 Å². The highest BCUT2D eigenvalue weighted by molar-refractivity contribution is 9.09. The van der Waals surface area contributed by atoms with Gasteiger partial charge < -0.3 is 4.42 Å². The molecule has 0 aliphatic carbocycles. The Morgan fingerprint density at radius 1 is 0.952 bits per heavy atom. The third-order valence-corrected chi connectivity index (χ3v) is 4.09. The molecular formula is C18H15BrO2. The molecule has 0 saturated heterocycles. The van der Waals surface area contributed by atoms with Crippen molar-refractivity contribution in [1.29, 1.82) is 0 Å². The molecule has 0 bridgehead atoms. The number of rotatable bonds is 5. The van der Waals surface area contributed by atoms with Gasteiger partial charge in [-0.1, -0.05) is 64.5 Å². The van der Waals surface area contributed by atoms with E-state index in [-0.39, 0.29) is 11.1 Å². The summed E-state index contributed by atoms with van der Waals surface area (Å²) in [7, 11) is 0. The summed E-state index contributed by atoms with van der Waals surface area (Å²) in [5, 5.41) is 1.32. The Balaban J connectivity index is 1.97. The monoisotopic (exact) mass is 342 g/mol. The molecule has 3 heteroatoms. The second-order valence-corrected chi connectivity index (χ2v) is 5.51. The van der Waals surface area contributed by atoms with E-state index in [2.05, 4.69) is 28.1 Å². The van der Waals surface area contributed by atoms with Crippen LogP contribution in [-0.4, -0.2) is 11.1 Å². The zero-order valence-corrected chi connectivity index (χ0v) is 13.1. The van der Waals surface area contributed by atoms with Gasteiger partial charge in [-0.05, 0) is 24.5 Å². The quantitative estimate of drug-likeness (QED) is 0.492. The smallest absolute Gasteiger partial charge is 0.208 e. The largest absolute Gasteiger partial charge is 0.453 e. The van der Waals surface area contributed by atoms with E-state index in [4.69, 9.17) is 4.42 Å². The molecule has 0 aliphatic heterocycles. The molecule has 0 N–H and O–H groups in total. The summed E-state index contributed by atoms with van der Waals surface area (Å²) >= 11 is 3.23. The van der Waals surface area contributed by atoms with E-state index in [1.807, 2.05) is 42.5 Å². The van der Waals surface area contributed by atoms with E-state index >= 15 is 0 Å². The lowest BCUT2D eigenvalue weighted by Crippen LogP contribution is -2.03. The maximum absolute atomic E-state index is 12.1. The predicted octanol–water partition coefficient (Wildman–Crippen LogP) is 4.80. The number of hydrogen-bond donors (Lipinski definition) is 0.